The molecule has 9 aromatic carbocycles. The van der Waals surface area contributed by atoms with Crippen molar-refractivity contribution in [3.8, 4) is 22.3 Å². The van der Waals surface area contributed by atoms with Gasteiger partial charge in [0.05, 0.1) is 16.8 Å². The number of fused-ring (bicyclic) bond motifs is 2. The maximum atomic E-state index is 2.44. The summed E-state index contributed by atoms with van der Waals surface area (Å²) in [4.78, 5) is 2.43. The van der Waals surface area contributed by atoms with Gasteiger partial charge in [-0.3, -0.25) is 0 Å². The van der Waals surface area contributed by atoms with Crippen LogP contribution in [0.5, 0.6) is 0 Å². The van der Waals surface area contributed by atoms with E-state index in [1.165, 1.54) is 77.2 Å². The summed E-state index contributed by atoms with van der Waals surface area (Å²) >= 11 is 0. The van der Waals surface area contributed by atoms with E-state index in [-0.39, 0.29) is 5.41 Å². The van der Waals surface area contributed by atoms with E-state index in [0.29, 0.717) is 0 Å². The van der Waals surface area contributed by atoms with Gasteiger partial charge in [-0.1, -0.05) is 184 Å². The zero-order chi connectivity index (χ0) is 36.7. The lowest BCUT2D eigenvalue weighted by Gasteiger charge is -2.36. The van der Waals surface area contributed by atoms with E-state index in [2.05, 4.69) is 219 Å². The molecule has 0 aromatic heterocycles. The Kier molecular flexibility index (Phi) is 6.88. The van der Waals surface area contributed by atoms with Gasteiger partial charge in [-0.25, -0.2) is 0 Å². The van der Waals surface area contributed by atoms with Crippen LogP contribution in [-0.2, 0) is 10.8 Å². The smallest absolute Gasteiger partial charge is 0.0713 e. The van der Waals surface area contributed by atoms with Crippen LogP contribution >= 0.6 is 0 Å². The monoisotopic (exact) mass is 701 g/mol. The van der Waals surface area contributed by atoms with Crippen molar-refractivity contribution in [1.29, 1.82) is 0 Å². The zero-order valence-corrected chi connectivity index (χ0v) is 31.0. The van der Waals surface area contributed by atoms with Crippen LogP contribution in [0.15, 0.2) is 200 Å². The van der Waals surface area contributed by atoms with Crippen LogP contribution in [0.25, 0.3) is 43.8 Å². The molecular formula is C54H39N. The summed E-state index contributed by atoms with van der Waals surface area (Å²) < 4.78 is 0. The van der Waals surface area contributed by atoms with Crippen LogP contribution in [0.3, 0.4) is 0 Å². The summed E-state index contributed by atoms with van der Waals surface area (Å²) in [7, 11) is 0. The highest BCUT2D eigenvalue weighted by molar-refractivity contribution is 6.05. The van der Waals surface area contributed by atoms with Crippen molar-refractivity contribution in [2.24, 2.45) is 0 Å². The van der Waals surface area contributed by atoms with E-state index < -0.39 is 5.41 Å². The molecule has 0 bridgehead atoms. The molecule has 11 rings (SSSR count). The Morgan fingerprint density at radius 2 is 0.836 bits per heavy atom. The molecule has 55 heavy (non-hydrogen) atoms. The van der Waals surface area contributed by atoms with Gasteiger partial charge in [0.15, 0.2) is 0 Å². The molecule has 260 valence electrons. The predicted octanol–water partition coefficient (Wildman–Crippen LogP) is 14.1. The molecule has 0 fully saturated rings. The fourth-order valence-corrected chi connectivity index (χ4v) is 10.0. The molecule has 1 nitrogen and oxygen atoms in total. The van der Waals surface area contributed by atoms with Crippen LogP contribution in [0.4, 0.5) is 17.1 Å². The molecule has 0 spiro atoms. The first-order valence-electron chi connectivity index (χ1n) is 19.4. The molecule has 0 radical (unpaired) electrons. The lowest BCUT2D eigenvalue weighted by Crippen LogP contribution is -2.30. The predicted molar refractivity (Wildman–Crippen MR) is 231 cm³/mol. The number of nitrogens with zero attached hydrogens (tertiary/aromatic N) is 1. The Morgan fingerprint density at radius 1 is 0.364 bits per heavy atom. The molecule has 0 heterocycles. The van der Waals surface area contributed by atoms with Crippen LogP contribution < -0.4 is 4.90 Å². The Labute approximate surface area is 322 Å². The number of benzene rings is 9. The molecule has 9 aromatic rings. The maximum Gasteiger partial charge on any atom is 0.0713 e. The van der Waals surface area contributed by atoms with Crippen LogP contribution in [-0.4, -0.2) is 0 Å². The number of hydrogen-bond donors (Lipinski definition) is 0. The molecule has 2 aliphatic carbocycles. The SMILES string of the molecule is CC1(C)c2cccc3c2-c2c1cccc2C3(c1ccccc1)c1cccc(-c2ccc(N(c3cccc4ccccc34)c3cccc4ccccc34)cc2)c1. The van der Waals surface area contributed by atoms with Crippen molar-refractivity contribution in [2.75, 3.05) is 4.90 Å². The van der Waals surface area contributed by atoms with Gasteiger partial charge in [0.2, 0.25) is 0 Å². The second-order valence-corrected chi connectivity index (χ2v) is 15.7. The van der Waals surface area contributed by atoms with Crippen LogP contribution in [0, 0.1) is 0 Å². The van der Waals surface area contributed by atoms with Crippen molar-refractivity contribution in [2.45, 2.75) is 24.7 Å². The topological polar surface area (TPSA) is 3.24 Å². The van der Waals surface area contributed by atoms with Crippen molar-refractivity contribution >= 4 is 38.6 Å². The Morgan fingerprint density at radius 3 is 1.44 bits per heavy atom. The Hall–Kier alpha value is -6.70. The molecular weight excluding hydrogens is 663 g/mol. The van der Waals surface area contributed by atoms with Crippen molar-refractivity contribution in [1.82, 2.24) is 0 Å². The summed E-state index contributed by atoms with van der Waals surface area (Å²) in [6, 6.07) is 74.3. The molecule has 2 aliphatic rings. The van der Waals surface area contributed by atoms with Crippen molar-refractivity contribution < 1.29 is 0 Å². The molecule has 0 N–H and O–H groups in total. The lowest BCUT2D eigenvalue weighted by molar-refractivity contribution is 0.652. The van der Waals surface area contributed by atoms with Crippen molar-refractivity contribution in [3.05, 3.63) is 234 Å². The first-order chi connectivity index (χ1) is 27.0. The third-order valence-corrected chi connectivity index (χ3v) is 12.5. The molecule has 0 aliphatic heterocycles. The van der Waals surface area contributed by atoms with E-state index in [9.17, 15) is 0 Å². The first-order valence-corrected chi connectivity index (χ1v) is 19.4. The van der Waals surface area contributed by atoms with E-state index in [1.807, 2.05) is 0 Å². The fraction of sp³-hybridized carbons (Fsp3) is 0.0741. The number of hydrogen-bond acceptors (Lipinski definition) is 1. The largest absolute Gasteiger partial charge is 0.309 e. The van der Waals surface area contributed by atoms with Gasteiger partial charge in [-0.05, 0) is 96.7 Å². The van der Waals surface area contributed by atoms with E-state index >= 15 is 0 Å². The quantitative estimate of drug-likeness (QED) is 0.167. The molecule has 0 atom stereocenters. The highest BCUT2D eigenvalue weighted by Gasteiger charge is 2.52. The van der Waals surface area contributed by atoms with Gasteiger partial charge in [0.1, 0.15) is 0 Å². The normalized spacial score (nSPS) is 14.3. The minimum absolute atomic E-state index is 0.0327. The zero-order valence-electron chi connectivity index (χ0n) is 31.0. The summed E-state index contributed by atoms with van der Waals surface area (Å²) in [5.41, 5.74) is 16.5. The fourth-order valence-electron chi connectivity index (χ4n) is 10.0. The molecule has 0 saturated heterocycles. The lowest BCUT2D eigenvalue weighted by atomic mass is 9.65. The third kappa shape index (κ3) is 4.47. The van der Waals surface area contributed by atoms with E-state index in [1.54, 1.807) is 0 Å². The van der Waals surface area contributed by atoms with E-state index in [0.717, 1.165) is 17.1 Å². The Balaban J connectivity index is 1.08. The second-order valence-electron chi connectivity index (χ2n) is 15.7. The van der Waals surface area contributed by atoms with Gasteiger partial charge in [0, 0.05) is 21.9 Å². The minimum atomic E-state index is -0.427. The summed E-state index contributed by atoms with van der Waals surface area (Å²) in [5, 5.41) is 4.90. The standard InChI is InChI=1S/C54H39N/c1-53(2)45-25-13-27-47-51(45)52-46(53)26-14-28-48(52)54(47,40-20-4-3-5-21-40)41-22-10-19-39(35-41)36-31-33-42(34-32-36)55(49-29-11-17-37-15-6-8-23-43(37)49)50-30-12-18-38-16-7-9-24-44(38)50/h3-35H,1-2H3. The average molecular weight is 702 g/mol. The minimum Gasteiger partial charge on any atom is -0.309 e. The molecule has 0 saturated carbocycles. The average Bonchev–Trinajstić information content (AvgIpc) is 3.68. The van der Waals surface area contributed by atoms with Gasteiger partial charge < -0.3 is 4.90 Å². The molecule has 1 heteroatoms. The number of anilines is 3. The summed E-state index contributed by atoms with van der Waals surface area (Å²) in [5.74, 6) is 0. The van der Waals surface area contributed by atoms with Gasteiger partial charge in [-0.15, -0.1) is 0 Å². The van der Waals surface area contributed by atoms with Gasteiger partial charge >= 0.3 is 0 Å². The maximum absolute atomic E-state index is 2.44. The summed E-state index contributed by atoms with van der Waals surface area (Å²) in [6.45, 7) is 4.76. The molecule has 0 unspecified atom stereocenters. The van der Waals surface area contributed by atoms with Gasteiger partial charge in [0.25, 0.3) is 0 Å². The van der Waals surface area contributed by atoms with Crippen LogP contribution in [0.2, 0.25) is 0 Å². The number of rotatable bonds is 6. The highest BCUT2D eigenvalue weighted by atomic mass is 15.1. The Bertz CT molecular complexity index is 2810. The van der Waals surface area contributed by atoms with E-state index in [4.69, 9.17) is 0 Å². The third-order valence-electron chi connectivity index (χ3n) is 12.5. The first kappa shape index (κ1) is 31.8. The second kappa shape index (κ2) is 11.9. The van der Waals surface area contributed by atoms with Crippen LogP contribution in [0.1, 0.15) is 47.2 Å². The van der Waals surface area contributed by atoms with Crippen molar-refractivity contribution in [3.63, 3.8) is 0 Å². The molecule has 0 amide bonds. The summed E-state index contributed by atoms with van der Waals surface area (Å²) in [6.07, 6.45) is 0. The van der Waals surface area contributed by atoms with Gasteiger partial charge in [-0.2, -0.15) is 0 Å². The highest BCUT2D eigenvalue weighted by Crippen LogP contribution is 2.64.